The third-order valence-corrected chi connectivity index (χ3v) is 4.05. The summed E-state index contributed by atoms with van der Waals surface area (Å²) in [4.78, 5) is 29.8. The van der Waals surface area contributed by atoms with Crippen LogP contribution >= 0.6 is 11.6 Å². The first-order valence-corrected chi connectivity index (χ1v) is 8.06. The highest BCUT2D eigenvalue weighted by atomic mass is 35.5. The van der Waals surface area contributed by atoms with Gasteiger partial charge in [0.15, 0.2) is 0 Å². The first kappa shape index (κ1) is 17.0. The van der Waals surface area contributed by atoms with Gasteiger partial charge in [-0.1, -0.05) is 11.6 Å². The Kier molecular flexibility index (Phi) is 5.04. The first-order valence-electron chi connectivity index (χ1n) is 7.68. The summed E-state index contributed by atoms with van der Waals surface area (Å²) in [6.45, 7) is 0.414. The Bertz CT molecular complexity index is 764. The molecule has 2 heterocycles. The molecular formula is C17H17ClN4O3. The lowest BCUT2D eigenvalue weighted by Crippen LogP contribution is -2.39. The molecule has 1 aliphatic rings. The molecule has 3 rings (SSSR count). The maximum Gasteiger partial charge on any atom is 0.319 e. The molecule has 7 nitrogen and oxygen atoms in total. The summed E-state index contributed by atoms with van der Waals surface area (Å²) in [7, 11) is 1.59. The van der Waals surface area contributed by atoms with Crippen molar-refractivity contribution in [2.24, 2.45) is 0 Å². The Morgan fingerprint density at radius 3 is 2.68 bits per heavy atom. The molecule has 0 aliphatic carbocycles. The molecule has 2 N–H and O–H groups in total. The zero-order valence-electron chi connectivity index (χ0n) is 13.5. The van der Waals surface area contributed by atoms with Crippen molar-refractivity contribution in [3.63, 3.8) is 0 Å². The number of pyridine rings is 1. The normalized spacial score (nSPS) is 16.6. The third-order valence-electron chi connectivity index (χ3n) is 3.83. The summed E-state index contributed by atoms with van der Waals surface area (Å²) in [5.41, 5.74) is 1.30. The molecule has 1 saturated heterocycles. The summed E-state index contributed by atoms with van der Waals surface area (Å²) in [5.74, 6) is 0.685. The van der Waals surface area contributed by atoms with Gasteiger partial charge in [0.1, 0.15) is 10.9 Å². The molecule has 8 heteroatoms. The van der Waals surface area contributed by atoms with Crippen LogP contribution in [0.15, 0.2) is 42.6 Å². The van der Waals surface area contributed by atoms with Gasteiger partial charge in [0.05, 0.1) is 25.0 Å². The molecule has 0 saturated carbocycles. The molecule has 1 aliphatic heterocycles. The monoisotopic (exact) mass is 360 g/mol. The van der Waals surface area contributed by atoms with E-state index in [1.807, 2.05) is 12.1 Å². The number of hydrogen-bond donors (Lipinski definition) is 2. The van der Waals surface area contributed by atoms with E-state index < -0.39 is 6.03 Å². The molecule has 1 atom stereocenters. The highest BCUT2D eigenvalue weighted by Crippen LogP contribution is 2.24. The Hall–Kier alpha value is -2.80. The van der Waals surface area contributed by atoms with Crippen molar-refractivity contribution in [1.82, 2.24) is 10.3 Å². The maximum absolute atomic E-state index is 12.2. The summed E-state index contributed by atoms with van der Waals surface area (Å²) in [6, 6.07) is 9.80. The predicted octanol–water partition coefficient (Wildman–Crippen LogP) is 2.67. The first-order chi connectivity index (χ1) is 12.0. The largest absolute Gasteiger partial charge is 0.497 e. The van der Waals surface area contributed by atoms with Crippen molar-refractivity contribution in [2.75, 3.05) is 23.9 Å². The minimum Gasteiger partial charge on any atom is -0.497 e. The maximum atomic E-state index is 12.2. The summed E-state index contributed by atoms with van der Waals surface area (Å²) in [6.07, 6.45) is 1.71. The molecule has 2 aromatic rings. The molecule has 1 unspecified atom stereocenters. The van der Waals surface area contributed by atoms with Gasteiger partial charge >= 0.3 is 6.03 Å². The number of ether oxygens (including phenoxy) is 1. The van der Waals surface area contributed by atoms with Crippen LogP contribution in [0.5, 0.6) is 5.75 Å². The van der Waals surface area contributed by atoms with Gasteiger partial charge in [0, 0.05) is 18.7 Å². The van der Waals surface area contributed by atoms with Gasteiger partial charge in [-0.3, -0.25) is 4.79 Å². The predicted molar refractivity (Wildman–Crippen MR) is 95.2 cm³/mol. The van der Waals surface area contributed by atoms with E-state index in [0.29, 0.717) is 17.4 Å². The summed E-state index contributed by atoms with van der Waals surface area (Å²) >= 11 is 5.70. The number of methoxy groups -OCH3 is 1. The average molecular weight is 361 g/mol. The highest BCUT2D eigenvalue weighted by molar-refractivity contribution is 6.29. The molecule has 130 valence electrons. The number of nitrogens with zero attached hydrogens (tertiary/aromatic N) is 2. The smallest absolute Gasteiger partial charge is 0.319 e. The standard InChI is InChI=1S/C17H17ClN4O3/c1-25-14-5-3-13(4-6-14)22-10-12(8-16(22)23)21-17(24)20-11-2-7-15(18)19-9-11/h2-7,9,12H,8,10H2,1H3,(H2,20,21,24). The Morgan fingerprint density at radius 1 is 1.28 bits per heavy atom. The highest BCUT2D eigenvalue weighted by Gasteiger charge is 2.31. The van der Waals surface area contributed by atoms with Crippen molar-refractivity contribution in [2.45, 2.75) is 12.5 Å². The van der Waals surface area contributed by atoms with Crippen molar-refractivity contribution in [3.05, 3.63) is 47.7 Å². The average Bonchev–Trinajstić information content (AvgIpc) is 2.97. The van der Waals surface area contributed by atoms with Crippen LogP contribution in [0.3, 0.4) is 0 Å². The number of rotatable bonds is 4. The van der Waals surface area contributed by atoms with Gasteiger partial charge in [-0.15, -0.1) is 0 Å². The van der Waals surface area contributed by atoms with Crippen LogP contribution in [0.4, 0.5) is 16.2 Å². The van der Waals surface area contributed by atoms with Crippen LogP contribution in [0.1, 0.15) is 6.42 Å². The van der Waals surface area contributed by atoms with Gasteiger partial charge in [-0.05, 0) is 36.4 Å². The van der Waals surface area contributed by atoms with Crippen molar-refractivity contribution < 1.29 is 14.3 Å². The number of urea groups is 1. The number of aromatic nitrogens is 1. The van der Waals surface area contributed by atoms with Crippen molar-refractivity contribution >= 4 is 34.9 Å². The lowest BCUT2D eigenvalue weighted by Gasteiger charge is -2.17. The second kappa shape index (κ2) is 7.40. The molecule has 1 aromatic heterocycles. The van der Waals surface area contributed by atoms with Crippen LogP contribution in [-0.2, 0) is 4.79 Å². The SMILES string of the molecule is COc1ccc(N2CC(NC(=O)Nc3ccc(Cl)nc3)CC2=O)cc1. The zero-order chi connectivity index (χ0) is 17.8. The zero-order valence-corrected chi connectivity index (χ0v) is 14.3. The van der Waals surface area contributed by atoms with Gasteiger partial charge < -0.3 is 20.3 Å². The number of amides is 3. The van der Waals surface area contributed by atoms with Crippen LogP contribution in [0.25, 0.3) is 0 Å². The van der Waals surface area contributed by atoms with E-state index in [0.717, 1.165) is 11.4 Å². The second-order valence-electron chi connectivity index (χ2n) is 5.57. The fourth-order valence-corrected chi connectivity index (χ4v) is 2.73. The summed E-state index contributed by atoms with van der Waals surface area (Å²) in [5, 5.41) is 5.81. The van der Waals surface area contributed by atoms with Crippen LogP contribution in [0, 0.1) is 0 Å². The number of nitrogens with one attached hydrogen (secondary N) is 2. The van der Waals surface area contributed by atoms with Gasteiger partial charge in [-0.25, -0.2) is 9.78 Å². The fraction of sp³-hybridized carbons (Fsp3) is 0.235. The van der Waals surface area contributed by atoms with Gasteiger partial charge in [0.2, 0.25) is 5.91 Å². The molecular weight excluding hydrogens is 344 g/mol. The van der Waals surface area contributed by atoms with E-state index in [1.54, 1.807) is 36.3 Å². The van der Waals surface area contributed by atoms with E-state index >= 15 is 0 Å². The number of carbonyl (C=O) groups excluding carboxylic acids is 2. The number of benzene rings is 1. The number of halogens is 1. The van der Waals surface area contributed by atoms with Crippen molar-refractivity contribution in [3.8, 4) is 5.75 Å². The molecule has 3 amide bonds. The van der Waals surface area contributed by atoms with E-state index in [9.17, 15) is 9.59 Å². The quantitative estimate of drug-likeness (QED) is 0.821. The molecule has 0 spiro atoms. The lowest BCUT2D eigenvalue weighted by atomic mass is 10.2. The minimum absolute atomic E-state index is 0.0383. The lowest BCUT2D eigenvalue weighted by molar-refractivity contribution is -0.117. The Balaban J connectivity index is 1.58. The minimum atomic E-state index is -0.390. The molecule has 1 aromatic carbocycles. The molecule has 0 bridgehead atoms. The summed E-state index contributed by atoms with van der Waals surface area (Å²) < 4.78 is 5.11. The van der Waals surface area contributed by atoms with Crippen LogP contribution in [-0.4, -0.2) is 36.6 Å². The molecule has 1 fully saturated rings. The second-order valence-corrected chi connectivity index (χ2v) is 5.96. The van der Waals surface area contributed by atoms with Gasteiger partial charge in [0.25, 0.3) is 0 Å². The van der Waals surface area contributed by atoms with E-state index in [4.69, 9.17) is 16.3 Å². The van der Waals surface area contributed by atoms with E-state index in [2.05, 4.69) is 15.6 Å². The van der Waals surface area contributed by atoms with E-state index in [1.165, 1.54) is 6.20 Å². The third kappa shape index (κ3) is 4.19. The Morgan fingerprint density at radius 2 is 2.04 bits per heavy atom. The van der Waals surface area contributed by atoms with Crippen molar-refractivity contribution in [1.29, 1.82) is 0 Å². The van der Waals surface area contributed by atoms with Gasteiger partial charge in [-0.2, -0.15) is 0 Å². The van der Waals surface area contributed by atoms with E-state index in [-0.39, 0.29) is 18.4 Å². The number of hydrogen-bond acceptors (Lipinski definition) is 4. The number of anilines is 2. The fourth-order valence-electron chi connectivity index (χ4n) is 2.62. The molecule has 25 heavy (non-hydrogen) atoms. The van der Waals surface area contributed by atoms with Crippen LogP contribution < -0.4 is 20.3 Å². The molecule has 0 radical (unpaired) electrons. The Labute approximate surface area is 149 Å². The topological polar surface area (TPSA) is 83.6 Å². The van der Waals surface area contributed by atoms with Crippen LogP contribution in [0.2, 0.25) is 5.15 Å². The number of carbonyl (C=O) groups is 2.